The van der Waals surface area contributed by atoms with Crippen LogP contribution in [0.4, 0.5) is 4.39 Å². The molecule has 0 aromatic carbocycles. The van der Waals surface area contributed by atoms with Gasteiger partial charge in [0.2, 0.25) is 0 Å². The molecule has 2 unspecified atom stereocenters. The number of hydrogen-bond donors (Lipinski definition) is 1. The maximum Gasteiger partial charge on any atom is 0.310 e. The summed E-state index contributed by atoms with van der Waals surface area (Å²) in [6.07, 6.45) is 2.04. The average molecular weight is 200 g/mol. The molecule has 0 saturated heterocycles. The molecule has 1 heterocycles. The molecule has 1 N–H and O–H groups in total. The van der Waals surface area contributed by atoms with Crippen LogP contribution in [-0.2, 0) is 11.3 Å². The molecule has 0 spiro atoms. The number of hydrogen-bond acceptors (Lipinski definition) is 2. The van der Waals surface area contributed by atoms with E-state index in [0.717, 1.165) is 0 Å². The van der Waals surface area contributed by atoms with E-state index in [9.17, 15) is 9.18 Å². The molecule has 1 rings (SSSR count). The molecule has 0 aliphatic heterocycles. The van der Waals surface area contributed by atoms with Gasteiger partial charge in [-0.15, -0.1) is 0 Å². The van der Waals surface area contributed by atoms with Gasteiger partial charge in [0.15, 0.2) is 0 Å². The van der Waals surface area contributed by atoms with E-state index in [1.165, 1.54) is 17.8 Å². The summed E-state index contributed by atoms with van der Waals surface area (Å²) >= 11 is 0. The second-order valence-electron chi connectivity index (χ2n) is 3.34. The summed E-state index contributed by atoms with van der Waals surface area (Å²) < 4.78 is 14.0. The minimum absolute atomic E-state index is 0.159. The highest BCUT2D eigenvalue weighted by molar-refractivity contribution is 5.75. The molecule has 0 radical (unpaired) electrons. The standard InChI is InChI=1S/C9H13FN2O2/c1-6(10)4-12-5-8(3-11-12)7(2)9(13)14/h3,5-7H,4H2,1-2H3,(H,13,14). The zero-order valence-electron chi connectivity index (χ0n) is 8.14. The van der Waals surface area contributed by atoms with Gasteiger partial charge in [0, 0.05) is 11.8 Å². The van der Waals surface area contributed by atoms with E-state index in [-0.39, 0.29) is 6.54 Å². The van der Waals surface area contributed by atoms with Crippen molar-refractivity contribution in [1.29, 1.82) is 0 Å². The second kappa shape index (κ2) is 4.21. The van der Waals surface area contributed by atoms with Crippen LogP contribution in [0.15, 0.2) is 12.4 Å². The van der Waals surface area contributed by atoms with Gasteiger partial charge in [0.05, 0.1) is 18.7 Å². The van der Waals surface area contributed by atoms with Crippen LogP contribution in [0.5, 0.6) is 0 Å². The zero-order chi connectivity index (χ0) is 10.7. The number of alkyl halides is 1. The van der Waals surface area contributed by atoms with E-state index < -0.39 is 18.1 Å². The normalized spacial score (nSPS) is 15.1. The first-order valence-corrected chi connectivity index (χ1v) is 4.40. The molecule has 1 aromatic rings. The summed E-state index contributed by atoms with van der Waals surface area (Å²) in [5.41, 5.74) is 0.596. The number of carbonyl (C=O) groups is 1. The van der Waals surface area contributed by atoms with Crippen LogP contribution in [-0.4, -0.2) is 27.0 Å². The highest BCUT2D eigenvalue weighted by Gasteiger charge is 2.15. The van der Waals surface area contributed by atoms with Crippen molar-refractivity contribution >= 4 is 5.97 Å². The van der Waals surface area contributed by atoms with E-state index in [4.69, 9.17) is 5.11 Å². The third kappa shape index (κ3) is 2.55. The van der Waals surface area contributed by atoms with Gasteiger partial charge >= 0.3 is 5.97 Å². The van der Waals surface area contributed by atoms with Crippen molar-refractivity contribution < 1.29 is 14.3 Å². The summed E-state index contributed by atoms with van der Waals surface area (Å²) in [6, 6.07) is 0. The van der Waals surface area contributed by atoms with Crippen molar-refractivity contribution in [3.8, 4) is 0 Å². The lowest BCUT2D eigenvalue weighted by atomic mass is 10.1. The number of carboxylic acid groups (broad SMARTS) is 1. The average Bonchev–Trinajstić information content (AvgIpc) is 2.50. The fourth-order valence-electron chi connectivity index (χ4n) is 1.10. The third-order valence-corrected chi connectivity index (χ3v) is 1.96. The van der Waals surface area contributed by atoms with Gasteiger partial charge in [-0.3, -0.25) is 9.48 Å². The SMILES string of the molecule is CC(F)Cn1cc(C(C)C(=O)O)cn1. The maximum atomic E-state index is 12.6. The van der Waals surface area contributed by atoms with Crippen molar-refractivity contribution in [2.45, 2.75) is 32.5 Å². The predicted octanol–water partition coefficient (Wildman–Crippen LogP) is 1.43. The summed E-state index contributed by atoms with van der Waals surface area (Å²) in [4.78, 5) is 10.6. The van der Waals surface area contributed by atoms with Gasteiger partial charge in [-0.1, -0.05) is 0 Å². The lowest BCUT2D eigenvalue weighted by molar-refractivity contribution is -0.138. The first-order chi connectivity index (χ1) is 6.50. The topological polar surface area (TPSA) is 55.1 Å². The molecular weight excluding hydrogens is 187 g/mol. The molecule has 2 atom stereocenters. The minimum atomic E-state index is -0.983. The van der Waals surface area contributed by atoms with E-state index in [1.54, 1.807) is 13.1 Å². The van der Waals surface area contributed by atoms with Crippen LogP contribution in [0.3, 0.4) is 0 Å². The molecular formula is C9H13FN2O2. The zero-order valence-corrected chi connectivity index (χ0v) is 8.14. The van der Waals surface area contributed by atoms with Gasteiger partial charge in [-0.05, 0) is 13.8 Å². The Labute approximate surface area is 81.3 Å². The molecule has 0 fully saturated rings. The highest BCUT2D eigenvalue weighted by atomic mass is 19.1. The number of rotatable bonds is 4. The first kappa shape index (κ1) is 10.7. The monoisotopic (exact) mass is 200 g/mol. The van der Waals surface area contributed by atoms with Gasteiger partial charge in [-0.25, -0.2) is 4.39 Å². The van der Waals surface area contributed by atoms with Crippen molar-refractivity contribution in [1.82, 2.24) is 9.78 Å². The van der Waals surface area contributed by atoms with Crippen LogP contribution in [0.1, 0.15) is 25.3 Å². The predicted molar refractivity (Wildman–Crippen MR) is 48.8 cm³/mol. The van der Waals surface area contributed by atoms with E-state index >= 15 is 0 Å². The van der Waals surface area contributed by atoms with E-state index in [2.05, 4.69) is 5.10 Å². The molecule has 0 aliphatic carbocycles. The van der Waals surface area contributed by atoms with Gasteiger partial charge in [0.25, 0.3) is 0 Å². The lowest BCUT2D eigenvalue weighted by Crippen LogP contribution is -2.09. The first-order valence-electron chi connectivity index (χ1n) is 4.40. The fourth-order valence-corrected chi connectivity index (χ4v) is 1.10. The Kier molecular flexibility index (Phi) is 3.22. The van der Waals surface area contributed by atoms with Crippen molar-refractivity contribution in [2.24, 2.45) is 0 Å². The fraction of sp³-hybridized carbons (Fsp3) is 0.556. The Bertz CT molecular complexity index is 322. The van der Waals surface area contributed by atoms with Crippen molar-refractivity contribution in [2.75, 3.05) is 0 Å². The highest BCUT2D eigenvalue weighted by Crippen LogP contribution is 2.14. The summed E-state index contributed by atoms with van der Waals surface area (Å²) in [7, 11) is 0. The van der Waals surface area contributed by atoms with Crippen molar-refractivity contribution in [3.63, 3.8) is 0 Å². The Morgan fingerprint density at radius 1 is 1.71 bits per heavy atom. The Morgan fingerprint density at radius 3 is 2.86 bits per heavy atom. The number of aromatic nitrogens is 2. The smallest absolute Gasteiger partial charge is 0.310 e. The molecule has 1 aromatic heterocycles. The Balaban J connectivity index is 2.72. The second-order valence-corrected chi connectivity index (χ2v) is 3.34. The molecule has 14 heavy (non-hydrogen) atoms. The maximum absolute atomic E-state index is 12.6. The Hall–Kier alpha value is -1.39. The van der Waals surface area contributed by atoms with Gasteiger partial charge in [-0.2, -0.15) is 5.10 Å². The van der Waals surface area contributed by atoms with Crippen LogP contribution in [0.2, 0.25) is 0 Å². The van der Waals surface area contributed by atoms with Crippen LogP contribution in [0, 0.1) is 0 Å². The van der Waals surface area contributed by atoms with E-state index in [1.807, 2.05) is 0 Å². The third-order valence-electron chi connectivity index (χ3n) is 1.96. The lowest BCUT2D eigenvalue weighted by Gasteiger charge is -2.02. The number of nitrogens with zero attached hydrogens (tertiary/aromatic N) is 2. The largest absolute Gasteiger partial charge is 0.481 e. The summed E-state index contributed by atoms with van der Waals surface area (Å²) in [5, 5.41) is 12.6. The van der Waals surface area contributed by atoms with E-state index in [0.29, 0.717) is 5.56 Å². The van der Waals surface area contributed by atoms with Crippen LogP contribution in [0.25, 0.3) is 0 Å². The Morgan fingerprint density at radius 2 is 2.36 bits per heavy atom. The van der Waals surface area contributed by atoms with Gasteiger partial charge in [0.1, 0.15) is 6.17 Å². The summed E-state index contributed by atoms with van der Waals surface area (Å²) in [6.45, 7) is 3.16. The summed E-state index contributed by atoms with van der Waals surface area (Å²) in [5.74, 6) is -1.50. The molecule has 0 aliphatic rings. The number of halogens is 1. The quantitative estimate of drug-likeness (QED) is 0.799. The van der Waals surface area contributed by atoms with Crippen LogP contribution >= 0.6 is 0 Å². The number of aliphatic carboxylic acids is 1. The van der Waals surface area contributed by atoms with Gasteiger partial charge < -0.3 is 5.11 Å². The van der Waals surface area contributed by atoms with Crippen molar-refractivity contribution in [3.05, 3.63) is 18.0 Å². The number of carboxylic acids is 1. The molecule has 0 amide bonds. The molecule has 0 saturated carbocycles. The minimum Gasteiger partial charge on any atom is -0.481 e. The van der Waals surface area contributed by atoms with Crippen LogP contribution < -0.4 is 0 Å². The molecule has 78 valence electrons. The molecule has 4 nitrogen and oxygen atoms in total. The molecule has 0 bridgehead atoms. The molecule has 5 heteroatoms.